The van der Waals surface area contributed by atoms with E-state index in [1.807, 2.05) is 0 Å². The van der Waals surface area contributed by atoms with E-state index in [2.05, 4.69) is 4.98 Å². The summed E-state index contributed by atoms with van der Waals surface area (Å²) in [6.45, 7) is 0. The van der Waals surface area contributed by atoms with Gasteiger partial charge in [0.2, 0.25) is 0 Å². The molecule has 1 saturated carbocycles. The Labute approximate surface area is 172 Å². The van der Waals surface area contributed by atoms with E-state index in [-0.39, 0.29) is 5.92 Å². The molecule has 1 atom stereocenters. The third-order valence-corrected chi connectivity index (χ3v) is 5.90. The highest BCUT2D eigenvalue weighted by atomic mass is 35.5. The van der Waals surface area contributed by atoms with Crippen molar-refractivity contribution >= 4 is 28.6 Å². The Kier molecular flexibility index (Phi) is 5.54. The van der Waals surface area contributed by atoms with E-state index < -0.39 is 23.6 Å². The minimum absolute atomic E-state index is 0.0350. The lowest BCUT2D eigenvalue weighted by molar-refractivity contribution is -0.146. The number of benzene rings is 2. The predicted octanol–water partition coefficient (Wildman–Crippen LogP) is 5.93. The van der Waals surface area contributed by atoms with Crippen LogP contribution in [0.4, 0.5) is 8.78 Å². The summed E-state index contributed by atoms with van der Waals surface area (Å²) in [5, 5.41) is 0.560. The van der Waals surface area contributed by atoms with Crippen LogP contribution in [0.15, 0.2) is 36.4 Å². The summed E-state index contributed by atoms with van der Waals surface area (Å²) >= 11 is 6.02. The van der Waals surface area contributed by atoms with Crippen molar-refractivity contribution in [3.8, 4) is 11.4 Å². The molecule has 1 fully saturated rings. The highest BCUT2D eigenvalue weighted by molar-refractivity contribution is 6.30. The third-order valence-electron chi connectivity index (χ3n) is 5.65. The van der Waals surface area contributed by atoms with Gasteiger partial charge in [0.25, 0.3) is 0 Å². The molecule has 0 N–H and O–H groups in total. The molecule has 7 heteroatoms. The first kappa shape index (κ1) is 19.8. The van der Waals surface area contributed by atoms with Crippen LogP contribution in [0.25, 0.3) is 22.4 Å². The molecule has 0 aliphatic heterocycles. The lowest BCUT2D eigenvalue weighted by Crippen LogP contribution is -2.30. The Morgan fingerprint density at radius 1 is 1.14 bits per heavy atom. The maximum atomic E-state index is 14.1. The zero-order chi connectivity index (χ0) is 20.5. The van der Waals surface area contributed by atoms with Gasteiger partial charge < -0.3 is 9.30 Å². The minimum Gasteiger partial charge on any atom is -0.467 e. The van der Waals surface area contributed by atoms with E-state index in [9.17, 15) is 13.6 Å². The smallest absolute Gasteiger partial charge is 0.329 e. The lowest BCUT2D eigenvalue weighted by atomic mass is 9.83. The molecule has 0 spiro atoms. The van der Waals surface area contributed by atoms with Crippen LogP contribution >= 0.6 is 11.6 Å². The second-order valence-electron chi connectivity index (χ2n) is 7.43. The molecule has 29 heavy (non-hydrogen) atoms. The van der Waals surface area contributed by atoms with E-state index in [4.69, 9.17) is 16.3 Å². The largest absolute Gasteiger partial charge is 0.467 e. The molecular formula is C22H21ClF2N2O2. The Hall–Kier alpha value is -2.47. The fourth-order valence-electron chi connectivity index (χ4n) is 4.25. The summed E-state index contributed by atoms with van der Waals surface area (Å²) in [5.74, 6) is -1.86. The van der Waals surface area contributed by atoms with Gasteiger partial charge in [-0.15, -0.1) is 0 Å². The number of ether oxygens (including phenoxy) is 1. The van der Waals surface area contributed by atoms with Crippen molar-refractivity contribution < 1.29 is 18.3 Å². The van der Waals surface area contributed by atoms with Crippen LogP contribution in [0.3, 0.4) is 0 Å². The van der Waals surface area contributed by atoms with Gasteiger partial charge in [0, 0.05) is 22.7 Å². The summed E-state index contributed by atoms with van der Waals surface area (Å²) in [7, 11) is 1.35. The van der Waals surface area contributed by atoms with Crippen molar-refractivity contribution in [2.24, 2.45) is 5.92 Å². The molecule has 152 valence electrons. The van der Waals surface area contributed by atoms with Crippen molar-refractivity contribution in [1.82, 2.24) is 9.55 Å². The highest BCUT2D eigenvalue weighted by Gasteiger charge is 2.35. The van der Waals surface area contributed by atoms with Crippen LogP contribution in [0.1, 0.15) is 38.1 Å². The van der Waals surface area contributed by atoms with Crippen molar-refractivity contribution in [2.75, 3.05) is 7.11 Å². The van der Waals surface area contributed by atoms with E-state index in [1.165, 1.54) is 7.11 Å². The number of methoxy groups -OCH3 is 1. The minimum atomic E-state index is -0.978. The van der Waals surface area contributed by atoms with Gasteiger partial charge in [0.15, 0.2) is 11.6 Å². The Morgan fingerprint density at radius 2 is 1.79 bits per heavy atom. The average molecular weight is 419 g/mol. The molecule has 0 radical (unpaired) electrons. The maximum Gasteiger partial charge on any atom is 0.329 e. The number of carbonyl (C=O) groups excluding carboxylic acids is 1. The molecule has 0 bridgehead atoms. The van der Waals surface area contributed by atoms with E-state index in [0.717, 1.165) is 44.2 Å². The number of fused-ring (bicyclic) bond motifs is 1. The number of hydrogen-bond donors (Lipinski definition) is 0. The van der Waals surface area contributed by atoms with Gasteiger partial charge in [-0.25, -0.2) is 18.6 Å². The zero-order valence-electron chi connectivity index (χ0n) is 16.0. The van der Waals surface area contributed by atoms with Gasteiger partial charge in [-0.3, -0.25) is 0 Å². The summed E-state index contributed by atoms with van der Waals surface area (Å²) in [6, 6.07) is 8.50. The molecule has 1 aliphatic rings. The van der Waals surface area contributed by atoms with Crippen molar-refractivity contribution in [3.05, 3.63) is 53.1 Å². The van der Waals surface area contributed by atoms with Gasteiger partial charge in [-0.2, -0.15) is 0 Å². The summed E-state index contributed by atoms with van der Waals surface area (Å²) in [5.41, 5.74) is 1.37. The first-order chi connectivity index (χ1) is 14.0. The van der Waals surface area contributed by atoms with E-state index >= 15 is 0 Å². The van der Waals surface area contributed by atoms with Crippen LogP contribution in [0.2, 0.25) is 5.02 Å². The predicted molar refractivity (Wildman–Crippen MR) is 108 cm³/mol. The van der Waals surface area contributed by atoms with E-state index in [0.29, 0.717) is 27.4 Å². The first-order valence-electron chi connectivity index (χ1n) is 9.70. The lowest BCUT2D eigenvalue weighted by Gasteiger charge is -2.30. The number of carbonyl (C=O) groups is 1. The normalized spacial score (nSPS) is 16.1. The summed E-state index contributed by atoms with van der Waals surface area (Å²) in [4.78, 5) is 17.4. The summed E-state index contributed by atoms with van der Waals surface area (Å²) in [6.07, 6.45) is 4.89. The number of nitrogens with zero attached hydrogens (tertiary/aromatic N) is 2. The second-order valence-corrected chi connectivity index (χ2v) is 7.87. The van der Waals surface area contributed by atoms with E-state index in [1.54, 1.807) is 28.8 Å². The molecule has 0 unspecified atom stereocenters. The van der Waals surface area contributed by atoms with Crippen molar-refractivity contribution in [2.45, 2.75) is 38.1 Å². The Morgan fingerprint density at radius 3 is 2.45 bits per heavy atom. The number of hydrogen-bond acceptors (Lipinski definition) is 3. The maximum absolute atomic E-state index is 14.1. The second kappa shape index (κ2) is 8.11. The Balaban J connectivity index is 1.98. The number of aromatic nitrogens is 2. The molecule has 2 aromatic carbocycles. The average Bonchev–Trinajstić information content (AvgIpc) is 3.07. The van der Waals surface area contributed by atoms with Gasteiger partial charge in [0.1, 0.15) is 11.9 Å². The van der Waals surface area contributed by atoms with Crippen LogP contribution in [-0.4, -0.2) is 22.6 Å². The third kappa shape index (κ3) is 3.73. The highest BCUT2D eigenvalue weighted by Crippen LogP contribution is 2.39. The van der Waals surface area contributed by atoms with Crippen molar-refractivity contribution in [3.63, 3.8) is 0 Å². The molecule has 1 heterocycles. The number of halogens is 3. The van der Waals surface area contributed by atoms with Gasteiger partial charge in [-0.1, -0.05) is 30.9 Å². The fourth-order valence-corrected chi connectivity index (χ4v) is 4.38. The van der Waals surface area contributed by atoms with Crippen LogP contribution in [0.5, 0.6) is 0 Å². The topological polar surface area (TPSA) is 44.1 Å². The molecular weight excluding hydrogens is 398 g/mol. The quantitative estimate of drug-likeness (QED) is 0.493. The molecule has 4 rings (SSSR count). The van der Waals surface area contributed by atoms with Crippen LogP contribution < -0.4 is 0 Å². The van der Waals surface area contributed by atoms with Gasteiger partial charge in [-0.05, 0) is 43.0 Å². The van der Waals surface area contributed by atoms with Crippen LogP contribution in [-0.2, 0) is 9.53 Å². The molecule has 4 nitrogen and oxygen atoms in total. The molecule has 1 aliphatic carbocycles. The fraction of sp³-hybridized carbons (Fsp3) is 0.364. The molecule has 1 aromatic heterocycles. The number of esters is 1. The van der Waals surface area contributed by atoms with Crippen LogP contribution in [0, 0.1) is 17.6 Å². The SMILES string of the molecule is COC(=O)[C@H](C1CCCCC1)n1c(-c2ccc(Cl)cc2)nc2cc(F)c(F)cc21. The molecule has 0 amide bonds. The van der Waals surface area contributed by atoms with Gasteiger partial charge in [0.05, 0.1) is 18.1 Å². The summed E-state index contributed by atoms with van der Waals surface area (Å²) < 4.78 is 34.9. The monoisotopic (exact) mass is 418 g/mol. The van der Waals surface area contributed by atoms with Crippen molar-refractivity contribution in [1.29, 1.82) is 0 Å². The molecule has 0 saturated heterocycles. The molecule has 3 aromatic rings. The number of imidazole rings is 1. The zero-order valence-corrected chi connectivity index (χ0v) is 16.8. The number of rotatable bonds is 4. The Bertz CT molecular complexity index is 1040. The standard InChI is InChI=1S/C22H21ClF2N2O2/c1-29-22(28)20(13-5-3-2-4-6-13)27-19-12-17(25)16(24)11-18(19)26-21(27)14-7-9-15(23)10-8-14/h7-13,20H,2-6H2,1H3/t20-/m0/s1. The first-order valence-corrected chi connectivity index (χ1v) is 10.1. The van der Waals surface area contributed by atoms with Gasteiger partial charge >= 0.3 is 5.97 Å².